The van der Waals surface area contributed by atoms with Gasteiger partial charge < -0.3 is 10.6 Å². The molecule has 1 aromatic carbocycles. The number of amides is 1. The fraction of sp³-hybridized carbons (Fsp3) is 0.105. The monoisotopic (exact) mass is 336 g/mol. The van der Waals surface area contributed by atoms with Crippen molar-refractivity contribution in [2.24, 2.45) is 0 Å². The molecule has 2 aromatic heterocycles. The van der Waals surface area contributed by atoms with Gasteiger partial charge in [-0.2, -0.15) is 0 Å². The van der Waals surface area contributed by atoms with E-state index in [0.717, 1.165) is 11.3 Å². The average molecular weight is 336 g/mol. The predicted molar refractivity (Wildman–Crippen MR) is 94.5 cm³/mol. The molecule has 0 aliphatic carbocycles. The van der Waals surface area contributed by atoms with Crippen molar-refractivity contribution >= 4 is 17.4 Å². The summed E-state index contributed by atoms with van der Waals surface area (Å²) in [6.45, 7) is 0.640. The Morgan fingerprint density at radius 2 is 1.92 bits per heavy atom. The number of halogens is 1. The maximum absolute atomic E-state index is 13.1. The third-order valence-electron chi connectivity index (χ3n) is 3.50. The topological polar surface area (TPSA) is 66.9 Å². The zero-order valence-electron chi connectivity index (χ0n) is 13.4. The Morgan fingerprint density at radius 3 is 2.64 bits per heavy atom. The fourth-order valence-corrected chi connectivity index (χ4v) is 2.30. The number of hydrogen-bond donors (Lipinski definition) is 2. The summed E-state index contributed by atoms with van der Waals surface area (Å²) in [5.41, 5.74) is 2.52. The molecule has 126 valence electrons. The average Bonchev–Trinajstić information content (AvgIpc) is 2.62. The van der Waals surface area contributed by atoms with Crippen LogP contribution in [-0.4, -0.2) is 15.9 Å². The lowest BCUT2D eigenvalue weighted by Gasteiger charge is -2.08. The minimum absolute atomic E-state index is 0.0977. The molecule has 0 aliphatic heterocycles. The maximum Gasteiger partial charge on any atom is 0.229 e. The van der Waals surface area contributed by atoms with Gasteiger partial charge in [-0.3, -0.25) is 9.78 Å². The molecular formula is C19H17FN4O. The number of nitrogens with zero attached hydrogens (tertiary/aromatic N) is 2. The van der Waals surface area contributed by atoms with Crippen LogP contribution >= 0.6 is 0 Å². The van der Waals surface area contributed by atoms with Crippen molar-refractivity contribution in [1.29, 1.82) is 0 Å². The molecule has 0 bridgehead atoms. The Bertz CT molecular complexity index is 838. The number of benzene rings is 1. The van der Waals surface area contributed by atoms with E-state index < -0.39 is 0 Å². The summed E-state index contributed by atoms with van der Waals surface area (Å²) >= 11 is 0. The number of carbonyl (C=O) groups excluding carboxylic acids is 1. The highest BCUT2D eigenvalue weighted by molar-refractivity contribution is 5.91. The summed E-state index contributed by atoms with van der Waals surface area (Å²) in [6, 6.07) is 13.4. The van der Waals surface area contributed by atoms with Crippen molar-refractivity contribution in [3.63, 3.8) is 0 Å². The lowest BCUT2D eigenvalue weighted by Crippen LogP contribution is -2.15. The van der Waals surface area contributed by atoms with Gasteiger partial charge in [0, 0.05) is 18.9 Å². The number of carbonyl (C=O) groups is 1. The molecule has 0 atom stereocenters. The molecule has 0 radical (unpaired) electrons. The maximum atomic E-state index is 13.1. The van der Waals surface area contributed by atoms with Crippen LogP contribution in [0.2, 0.25) is 0 Å². The second-order valence-electron chi connectivity index (χ2n) is 5.50. The number of nitrogens with one attached hydrogen (secondary N) is 2. The Labute approximate surface area is 145 Å². The SMILES string of the molecule is O=C(Cc1cccc(F)c1)Nc1ccc(NCc2cccnc2)cn1. The Hall–Kier alpha value is -3.28. The molecule has 1 amide bonds. The molecular weight excluding hydrogens is 319 g/mol. The first-order valence-electron chi connectivity index (χ1n) is 7.82. The number of rotatable bonds is 6. The van der Waals surface area contributed by atoms with Gasteiger partial charge in [0.1, 0.15) is 11.6 Å². The molecule has 0 aliphatic rings. The van der Waals surface area contributed by atoms with E-state index in [9.17, 15) is 9.18 Å². The van der Waals surface area contributed by atoms with Gasteiger partial charge >= 0.3 is 0 Å². The zero-order valence-corrected chi connectivity index (χ0v) is 13.4. The molecule has 0 fully saturated rings. The van der Waals surface area contributed by atoms with Crippen molar-refractivity contribution < 1.29 is 9.18 Å². The molecule has 0 saturated heterocycles. The Kier molecular flexibility index (Phi) is 5.31. The lowest BCUT2D eigenvalue weighted by molar-refractivity contribution is -0.115. The lowest BCUT2D eigenvalue weighted by atomic mass is 10.1. The molecule has 0 spiro atoms. The van der Waals surface area contributed by atoms with E-state index >= 15 is 0 Å². The van der Waals surface area contributed by atoms with Gasteiger partial charge in [0.25, 0.3) is 0 Å². The third-order valence-corrected chi connectivity index (χ3v) is 3.50. The fourth-order valence-electron chi connectivity index (χ4n) is 2.30. The summed E-state index contributed by atoms with van der Waals surface area (Å²) in [4.78, 5) is 20.3. The van der Waals surface area contributed by atoms with Gasteiger partial charge in [0.05, 0.1) is 18.3 Å². The van der Waals surface area contributed by atoms with E-state index in [0.29, 0.717) is 17.9 Å². The first-order valence-corrected chi connectivity index (χ1v) is 7.82. The first kappa shape index (κ1) is 16.6. The van der Waals surface area contributed by atoms with Crippen LogP contribution in [0.15, 0.2) is 67.1 Å². The minimum Gasteiger partial charge on any atom is -0.380 e. The predicted octanol–water partition coefficient (Wildman–Crippen LogP) is 3.41. The van der Waals surface area contributed by atoms with Crippen LogP contribution < -0.4 is 10.6 Å². The van der Waals surface area contributed by atoms with Crippen LogP contribution in [0.4, 0.5) is 15.9 Å². The van der Waals surface area contributed by atoms with Gasteiger partial charge in [-0.15, -0.1) is 0 Å². The van der Waals surface area contributed by atoms with Crippen molar-refractivity contribution in [3.8, 4) is 0 Å². The van der Waals surface area contributed by atoms with Crippen molar-refractivity contribution in [2.45, 2.75) is 13.0 Å². The molecule has 6 heteroatoms. The quantitative estimate of drug-likeness (QED) is 0.724. The molecule has 0 unspecified atom stereocenters. The van der Waals surface area contributed by atoms with Gasteiger partial charge in [-0.1, -0.05) is 18.2 Å². The molecule has 0 saturated carbocycles. The number of anilines is 2. The van der Waals surface area contributed by atoms with Crippen molar-refractivity contribution in [2.75, 3.05) is 10.6 Å². The van der Waals surface area contributed by atoms with Gasteiger partial charge in [-0.05, 0) is 41.5 Å². The zero-order chi connectivity index (χ0) is 17.5. The normalized spacial score (nSPS) is 10.3. The molecule has 2 N–H and O–H groups in total. The second kappa shape index (κ2) is 8.01. The van der Waals surface area contributed by atoms with E-state index in [1.165, 1.54) is 12.1 Å². The summed E-state index contributed by atoms with van der Waals surface area (Å²) in [7, 11) is 0. The van der Waals surface area contributed by atoms with Gasteiger partial charge in [0.15, 0.2) is 0 Å². The summed E-state index contributed by atoms with van der Waals surface area (Å²) in [5.74, 6) is -0.144. The highest BCUT2D eigenvalue weighted by Gasteiger charge is 2.06. The molecule has 2 heterocycles. The summed E-state index contributed by atoms with van der Waals surface area (Å²) in [6.07, 6.45) is 5.27. The van der Waals surface area contributed by atoms with E-state index in [-0.39, 0.29) is 18.1 Å². The largest absolute Gasteiger partial charge is 0.380 e. The number of hydrogen-bond acceptors (Lipinski definition) is 4. The Balaban J connectivity index is 1.52. The Morgan fingerprint density at radius 1 is 1.04 bits per heavy atom. The van der Waals surface area contributed by atoms with Gasteiger partial charge in [0.2, 0.25) is 5.91 Å². The smallest absolute Gasteiger partial charge is 0.229 e. The first-order chi connectivity index (χ1) is 12.2. The molecule has 3 rings (SSSR count). The molecule has 5 nitrogen and oxygen atoms in total. The van der Waals surface area contributed by atoms with Crippen LogP contribution in [0.1, 0.15) is 11.1 Å². The van der Waals surface area contributed by atoms with Crippen LogP contribution in [0, 0.1) is 5.82 Å². The second-order valence-corrected chi connectivity index (χ2v) is 5.50. The minimum atomic E-state index is -0.354. The van der Waals surface area contributed by atoms with E-state index in [1.54, 1.807) is 36.8 Å². The number of pyridine rings is 2. The highest BCUT2D eigenvalue weighted by atomic mass is 19.1. The van der Waals surface area contributed by atoms with Crippen molar-refractivity contribution in [1.82, 2.24) is 9.97 Å². The summed E-state index contributed by atoms with van der Waals surface area (Å²) < 4.78 is 13.1. The highest BCUT2D eigenvalue weighted by Crippen LogP contribution is 2.12. The standard InChI is InChI=1S/C19H17FN4O/c20-16-5-1-3-14(9-16)10-19(25)24-18-7-6-17(13-23-18)22-12-15-4-2-8-21-11-15/h1-9,11,13,22H,10,12H2,(H,23,24,25). The van der Waals surface area contributed by atoms with Gasteiger partial charge in [-0.25, -0.2) is 9.37 Å². The molecule has 25 heavy (non-hydrogen) atoms. The van der Waals surface area contributed by atoms with E-state index in [4.69, 9.17) is 0 Å². The van der Waals surface area contributed by atoms with Crippen LogP contribution in [0.3, 0.4) is 0 Å². The van der Waals surface area contributed by atoms with Crippen LogP contribution in [0.5, 0.6) is 0 Å². The third kappa shape index (κ3) is 5.10. The molecule has 3 aromatic rings. The van der Waals surface area contributed by atoms with E-state index in [2.05, 4.69) is 20.6 Å². The summed E-state index contributed by atoms with van der Waals surface area (Å²) in [5, 5.41) is 5.93. The van der Waals surface area contributed by atoms with E-state index in [1.807, 2.05) is 18.2 Å². The van der Waals surface area contributed by atoms with Crippen LogP contribution in [-0.2, 0) is 17.8 Å². The van der Waals surface area contributed by atoms with Crippen LogP contribution in [0.25, 0.3) is 0 Å². The number of aromatic nitrogens is 2. The van der Waals surface area contributed by atoms with Crippen molar-refractivity contribution in [3.05, 3.63) is 84.1 Å².